The Kier molecular flexibility index (Phi) is 21.8. The maximum Gasteiger partial charge on any atom is 0.294 e. The lowest BCUT2D eigenvalue weighted by atomic mass is 10.2. The smallest absolute Gasteiger partial charge is 0.294 e. The van der Waals surface area contributed by atoms with Crippen LogP contribution in [0, 0.1) is 6.92 Å². The molecule has 0 heterocycles. The van der Waals surface area contributed by atoms with Crippen molar-refractivity contribution in [2.45, 2.75) is 11.8 Å². The average Bonchev–Trinajstić information content (AvgIpc) is 2.78. The largest absolute Gasteiger partial charge is 0.394 e. The van der Waals surface area contributed by atoms with Crippen LogP contribution in [-0.4, -0.2) is 116 Å². The molecule has 0 bridgehead atoms. The van der Waals surface area contributed by atoms with Gasteiger partial charge in [-0.2, -0.15) is 8.42 Å². The zero-order chi connectivity index (χ0) is 24.6. The predicted octanol–water partition coefficient (Wildman–Crippen LogP) is 0.312. The van der Waals surface area contributed by atoms with Crippen molar-refractivity contribution in [3.8, 4) is 0 Å². The minimum absolute atomic E-state index is 0.0334. The van der Waals surface area contributed by atoms with E-state index in [4.69, 9.17) is 43.2 Å². The summed E-state index contributed by atoms with van der Waals surface area (Å²) >= 11 is 0. The van der Waals surface area contributed by atoms with Crippen LogP contribution < -0.4 is 0 Å². The van der Waals surface area contributed by atoms with Gasteiger partial charge in [0.15, 0.2) is 0 Å². The number of aryl methyl sites for hydroxylation is 1. The minimum Gasteiger partial charge on any atom is -0.394 e. The van der Waals surface area contributed by atoms with E-state index in [2.05, 4.69) is 0 Å². The van der Waals surface area contributed by atoms with E-state index in [-0.39, 0.29) is 18.1 Å². The highest BCUT2D eigenvalue weighted by Crippen LogP contribution is 2.08. The van der Waals surface area contributed by atoms with E-state index in [0.717, 1.165) is 5.56 Å². The van der Waals surface area contributed by atoms with Crippen molar-refractivity contribution in [3.63, 3.8) is 0 Å². The quantitative estimate of drug-likeness (QED) is 0.168. The van der Waals surface area contributed by atoms with Crippen molar-refractivity contribution in [2.24, 2.45) is 0 Å². The lowest BCUT2D eigenvalue weighted by molar-refractivity contribution is -0.0194. The number of aliphatic hydroxyl groups is 2. The molecule has 0 unspecified atom stereocenters. The van der Waals surface area contributed by atoms with Crippen LogP contribution in [0.15, 0.2) is 29.2 Å². The Labute approximate surface area is 196 Å². The molecule has 0 atom stereocenters. The van der Waals surface area contributed by atoms with E-state index in [1.54, 1.807) is 12.1 Å². The number of benzene rings is 1. The topological polar surface area (TPSA) is 150 Å². The Morgan fingerprint density at radius 1 is 0.576 bits per heavy atom. The first-order valence-corrected chi connectivity index (χ1v) is 12.1. The van der Waals surface area contributed by atoms with Gasteiger partial charge in [-0.1, -0.05) is 17.7 Å². The van der Waals surface area contributed by atoms with Crippen LogP contribution in [0.4, 0.5) is 0 Å². The molecule has 0 aliphatic carbocycles. The molecule has 0 aliphatic rings. The monoisotopic (exact) mass is 498 g/mol. The number of aliphatic hydroxyl groups excluding tert-OH is 2. The molecule has 0 aliphatic heterocycles. The Balaban J connectivity index is 0.000000771. The second kappa shape index (κ2) is 22.6. The summed E-state index contributed by atoms with van der Waals surface area (Å²) < 4.78 is 60.8. The third-order valence-electron chi connectivity index (χ3n) is 3.65. The highest BCUT2D eigenvalue weighted by molar-refractivity contribution is 7.85. The van der Waals surface area contributed by atoms with E-state index in [0.29, 0.717) is 79.3 Å². The molecular weight excluding hydrogens is 460 g/mol. The van der Waals surface area contributed by atoms with Crippen LogP contribution in [0.2, 0.25) is 0 Å². The van der Waals surface area contributed by atoms with E-state index in [9.17, 15) is 8.42 Å². The van der Waals surface area contributed by atoms with Gasteiger partial charge in [-0.3, -0.25) is 4.55 Å². The normalized spacial score (nSPS) is 11.3. The molecule has 0 spiro atoms. The van der Waals surface area contributed by atoms with E-state index in [1.165, 1.54) is 12.1 Å². The molecule has 1 rings (SSSR count). The fraction of sp³-hybridized carbons (Fsp3) is 0.714. The van der Waals surface area contributed by atoms with E-state index < -0.39 is 10.1 Å². The van der Waals surface area contributed by atoms with Crippen LogP contribution in [0.3, 0.4) is 0 Å². The van der Waals surface area contributed by atoms with Crippen molar-refractivity contribution < 1.29 is 51.6 Å². The first kappa shape index (κ1) is 31.8. The van der Waals surface area contributed by atoms with Gasteiger partial charge in [-0.15, -0.1) is 0 Å². The molecule has 1 aromatic carbocycles. The van der Waals surface area contributed by atoms with Crippen molar-refractivity contribution in [1.82, 2.24) is 0 Å². The zero-order valence-electron chi connectivity index (χ0n) is 19.2. The maximum atomic E-state index is 10.5. The Hall–Kier alpha value is -1.19. The Morgan fingerprint density at radius 3 is 1.09 bits per heavy atom. The summed E-state index contributed by atoms with van der Waals surface area (Å²) in [4.78, 5) is -0.0666. The fourth-order valence-corrected chi connectivity index (χ4v) is 2.52. The maximum absolute atomic E-state index is 10.5. The molecule has 0 saturated carbocycles. The van der Waals surface area contributed by atoms with Gasteiger partial charge in [0.25, 0.3) is 10.1 Å². The highest BCUT2D eigenvalue weighted by atomic mass is 32.2. The summed E-state index contributed by atoms with van der Waals surface area (Å²) in [6.07, 6.45) is 0. The zero-order valence-corrected chi connectivity index (χ0v) is 20.0. The Bertz CT molecular complexity index is 618. The number of hydrogen-bond acceptors (Lipinski definition) is 10. The Morgan fingerprint density at radius 2 is 0.848 bits per heavy atom. The number of ether oxygens (including phenoxy) is 6. The fourth-order valence-electron chi connectivity index (χ4n) is 2.04. The van der Waals surface area contributed by atoms with Crippen molar-refractivity contribution in [1.29, 1.82) is 0 Å². The highest BCUT2D eigenvalue weighted by Gasteiger charge is 2.06. The molecule has 0 aromatic heterocycles. The number of hydrogen-bond donors (Lipinski definition) is 3. The lowest BCUT2D eigenvalue weighted by Crippen LogP contribution is -2.14. The van der Waals surface area contributed by atoms with Crippen LogP contribution in [0.25, 0.3) is 0 Å². The summed E-state index contributed by atoms with van der Waals surface area (Å²) in [7, 11) is -4.02. The molecule has 0 radical (unpaired) electrons. The van der Waals surface area contributed by atoms with Gasteiger partial charge in [0.05, 0.1) is 97.4 Å². The second-order valence-corrected chi connectivity index (χ2v) is 7.83. The van der Waals surface area contributed by atoms with E-state index in [1.807, 2.05) is 6.92 Å². The van der Waals surface area contributed by atoms with Crippen LogP contribution in [0.1, 0.15) is 5.56 Å². The third-order valence-corrected chi connectivity index (χ3v) is 4.52. The molecule has 1 aromatic rings. The lowest BCUT2D eigenvalue weighted by Gasteiger charge is -2.07. The average molecular weight is 499 g/mol. The molecule has 33 heavy (non-hydrogen) atoms. The first-order valence-electron chi connectivity index (χ1n) is 10.6. The summed E-state index contributed by atoms with van der Waals surface area (Å²) in [5, 5.41) is 17.0. The molecule has 0 fully saturated rings. The molecule has 194 valence electrons. The van der Waals surface area contributed by atoms with Crippen LogP contribution in [-0.2, 0) is 38.5 Å². The standard InChI is InChI=1S/C14H30O8.C7H8O3S/c15-1-3-17-5-7-19-9-11-21-13-14-22-12-10-20-8-6-18-4-2-16;1-6-2-4-7(5-3-6)11(8,9)10/h15-16H,1-14H2;2-5H,1H3,(H,8,9,10). The van der Waals surface area contributed by atoms with Crippen LogP contribution >= 0.6 is 0 Å². The van der Waals surface area contributed by atoms with Gasteiger partial charge in [-0.25, -0.2) is 0 Å². The third kappa shape index (κ3) is 22.4. The van der Waals surface area contributed by atoms with Gasteiger partial charge < -0.3 is 38.6 Å². The van der Waals surface area contributed by atoms with Crippen molar-refractivity contribution >= 4 is 10.1 Å². The molecule has 11 nitrogen and oxygen atoms in total. The predicted molar refractivity (Wildman–Crippen MR) is 120 cm³/mol. The molecule has 0 amide bonds. The molecule has 0 saturated heterocycles. The summed E-state index contributed by atoms with van der Waals surface area (Å²) in [5.41, 5.74) is 0.956. The summed E-state index contributed by atoms with van der Waals surface area (Å²) in [6, 6.07) is 5.99. The van der Waals surface area contributed by atoms with E-state index >= 15 is 0 Å². The molecular formula is C21H38O11S. The van der Waals surface area contributed by atoms with Crippen molar-refractivity contribution in [3.05, 3.63) is 29.8 Å². The summed E-state index contributed by atoms with van der Waals surface area (Å²) in [5.74, 6) is 0. The summed E-state index contributed by atoms with van der Waals surface area (Å²) in [6.45, 7) is 7.65. The van der Waals surface area contributed by atoms with Gasteiger partial charge in [0.1, 0.15) is 0 Å². The number of rotatable bonds is 20. The van der Waals surface area contributed by atoms with Crippen LogP contribution in [0.5, 0.6) is 0 Å². The second-order valence-electron chi connectivity index (χ2n) is 6.41. The first-order chi connectivity index (χ1) is 15.9. The SMILES string of the molecule is Cc1ccc(S(=O)(=O)O)cc1.OCCOCCOCCOCCOCCOCCOCCO. The van der Waals surface area contributed by atoms with Gasteiger partial charge in [0.2, 0.25) is 0 Å². The molecule has 3 N–H and O–H groups in total. The minimum atomic E-state index is -4.02. The van der Waals surface area contributed by atoms with Crippen molar-refractivity contribution in [2.75, 3.05) is 92.5 Å². The van der Waals surface area contributed by atoms with Gasteiger partial charge >= 0.3 is 0 Å². The van der Waals surface area contributed by atoms with Gasteiger partial charge in [-0.05, 0) is 19.1 Å². The van der Waals surface area contributed by atoms with Gasteiger partial charge in [0, 0.05) is 0 Å². The molecule has 12 heteroatoms.